The Morgan fingerprint density at radius 1 is 0.679 bits per heavy atom. The molecule has 0 amide bonds. The topological polar surface area (TPSA) is 144 Å². The van der Waals surface area contributed by atoms with E-state index in [2.05, 4.69) is 5.32 Å². The maximum absolute atomic E-state index is 11.1. The monoisotopic (exact) mass is 401 g/mol. The molecule has 1 aliphatic heterocycles. The van der Waals surface area contributed by atoms with E-state index in [4.69, 9.17) is 23.7 Å². The zero-order valence-corrected chi connectivity index (χ0v) is 15.3. The van der Waals surface area contributed by atoms with Crippen LogP contribution in [0.2, 0.25) is 0 Å². The largest absolute Gasteiger partial charge is 0.487 e. The van der Waals surface area contributed by atoms with Crippen LogP contribution in [0.1, 0.15) is 0 Å². The van der Waals surface area contributed by atoms with Gasteiger partial charge >= 0.3 is 11.4 Å². The second-order valence-electron chi connectivity index (χ2n) is 5.59. The van der Waals surface area contributed by atoms with E-state index in [0.29, 0.717) is 39.5 Å². The Kier molecular flexibility index (Phi) is 9.34. The molecule has 0 atom stereocenters. The highest BCUT2D eigenvalue weighted by molar-refractivity contribution is 5.62. The van der Waals surface area contributed by atoms with Crippen molar-refractivity contribution in [1.82, 2.24) is 5.32 Å². The normalized spacial score (nSPS) is 17.9. The molecule has 1 aromatic rings. The summed E-state index contributed by atoms with van der Waals surface area (Å²) >= 11 is 0. The minimum atomic E-state index is -0.836. The molecule has 0 saturated carbocycles. The van der Waals surface area contributed by atoms with Crippen molar-refractivity contribution >= 4 is 11.4 Å². The highest BCUT2D eigenvalue weighted by Crippen LogP contribution is 2.39. The number of nitrogens with one attached hydrogen (secondary N) is 1. The van der Waals surface area contributed by atoms with Crippen molar-refractivity contribution in [1.29, 1.82) is 0 Å². The Labute approximate surface area is 160 Å². The van der Waals surface area contributed by atoms with Crippen molar-refractivity contribution in [2.24, 2.45) is 0 Å². The van der Waals surface area contributed by atoms with E-state index in [-0.39, 0.29) is 37.9 Å². The Morgan fingerprint density at radius 2 is 1.07 bits per heavy atom. The zero-order valence-electron chi connectivity index (χ0n) is 15.3. The van der Waals surface area contributed by atoms with Crippen LogP contribution in [0.3, 0.4) is 0 Å². The lowest BCUT2D eigenvalue weighted by molar-refractivity contribution is -0.422. The van der Waals surface area contributed by atoms with Crippen LogP contribution in [-0.2, 0) is 14.2 Å². The summed E-state index contributed by atoms with van der Waals surface area (Å²) in [4.78, 5) is 20.6. The van der Waals surface area contributed by atoms with E-state index >= 15 is 0 Å². The Balaban J connectivity index is 2.11. The van der Waals surface area contributed by atoms with Crippen LogP contribution >= 0.6 is 0 Å². The van der Waals surface area contributed by atoms with Crippen LogP contribution in [0, 0.1) is 20.2 Å². The molecule has 0 aromatic heterocycles. The van der Waals surface area contributed by atoms with Crippen molar-refractivity contribution in [2.75, 3.05) is 65.9 Å². The molecule has 0 saturated heterocycles. The van der Waals surface area contributed by atoms with Gasteiger partial charge in [0, 0.05) is 13.1 Å². The van der Waals surface area contributed by atoms with Crippen LogP contribution in [0.25, 0.3) is 0 Å². The molecule has 0 bridgehead atoms. The molecular formula is C16H23N3O9. The van der Waals surface area contributed by atoms with E-state index < -0.39 is 21.2 Å². The highest BCUT2D eigenvalue weighted by atomic mass is 16.6. The molecule has 0 spiro atoms. The van der Waals surface area contributed by atoms with Crippen molar-refractivity contribution in [2.45, 2.75) is 0 Å². The fourth-order valence-electron chi connectivity index (χ4n) is 2.32. The summed E-state index contributed by atoms with van der Waals surface area (Å²) in [5, 5.41) is 25.4. The first kappa shape index (κ1) is 21.8. The van der Waals surface area contributed by atoms with Crippen LogP contribution < -0.4 is 14.8 Å². The smallest absolute Gasteiger partial charge is 0.350 e. The lowest BCUT2D eigenvalue weighted by Gasteiger charge is -2.14. The van der Waals surface area contributed by atoms with Gasteiger partial charge in [0.05, 0.1) is 61.6 Å². The number of nitro benzene ring substituents is 2. The van der Waals surface area contributed by atoms with Crippen LogP contribution in [0.4, 0.5) is 11.4 Å². The highest BCUT2D eigenvalue weighted by Gasteiger charge is 2.28. The molecule has 1 N–H and O–H groups in total. The van der Waals surface area contributed by atoms with E-state index in [9.17, 15) is 20.2 Å². The Morgan fingerprint density at radius 3 is 1.50 bits per heavy atom. The third-order valence-corrected chi connectivity index (χ3v) is 3.62. The van der Waals surface area contributed by atoms with Gasteiger partial charge in [-0.25, -0.2) is 0 Å². The molecule has 0 radical (unpaired) electrons. The number of hydrogen-bond acceptors (Lipinski definition) is 10. The summed E-state index contributed by atoms with van der Waals surface area (Å²) in [5.74, 6) is 0.0587. The molecule has 12 nitrogen and oxygen atoms in total. The second-order valence-corrected chi connectivity index (χ2v) is 5.59. The van der Waals surface area contributed by atoms with Crippen LogP contribution in [0.5, 0.6) is 11.5 Å². The minimum Gasteiger partial charge on any atom is -0.487 e. The first-order valence-corrected chi connectivity index (χ1v) is 8.76. The lowest BCUT2D eigenvalue weighted by atomic mass is 10.2. The quantitative estimate of drug-likeness (QED) is 0.561. The molecule has 0 aliphatic carbocycles. The minimum absolute atomic E-state index is 0.0277. The van der Waals surface area contributed by atoms with Gasteiger partial charge in [0.15, 0.2) is 11.5 Å². The van der Waals surface area contributed by atoms with Crippen LogP contribution in [0.15, 0.2) is 12.1 Å². The Bertz CT molecular complexity index is 601. The van der Waals surface area contributed by atoms with E-state index in [1.807, 2.05) is 0 Å². The summed E-state index contributed by atoms with van der Waals surface area (Å²) in [6.45, 7) is 3.78. The number of ether oxygens (including phenoxy) is 5. The molecule has 1 aromatic carbocycles. The first-order chi connectivity index (χ1) is 13.6. The molecule has 28 heavy (non-hydrogen) atoms. The molecule has 0 unspecified atom stereocenters. The molecule has 0 fully saturated rings. The van der Waals surface area contributed by atoms with E-state index in [1.165, 1.54) is 0 Å². The van der Waals surface area contributed by atoms with Crippen molar-refractivity contribution in [3.05, 3.63) is 32.4 Å². The molecule has 12 heteroatoms. The summed E-state index contributed by atoms with van der Waals surface area (Å²) in [6, 6.07) is 1.97. The lowest BCUT2D eigenvalue weighted by Crippen LogP contribution is -2.25. The van der Waals surface area contributed by atoms with Crippen molar-refractivity contribution < 1.29 is 33.5 Å². The Hall–Kier alpha value is -2.54. The predicted molar refractivity (Wildman–Crippen MR) is 96.1 cm³/mol. The van der Waals surface area contributed by atoms with Gasteiger partial charge in [-0.15, -0.1) is 0 Å². The van der Waals surface area contributed by atoms with E-state index in [0.717, 1.165) is 12.1 Å². The fraction of sp³-hybridized carbons (Fsp3) is 0.625. The van der Waals surface area contributed by atoms with Gasteiger partial charge in [-0.05, 0) is 0 Å². The van der Waals surface area contributed by atoms with Gasteiger partial charge in [0.2, 0.25) is 0 Å². The summed E-state index contributed by atoms with van der Waals surface area (Å²) in [7, 11) is 0. The molecule has 1 aliphatic rings. The van der Waals surface area contributed by atoms with E-state index in [1.54, 1.807) is 0 Å². The van der Waals surface area contributed by atoms with Gasteiger partial charge in [-0.2, -0.15) is 0 Å². The number of nitro groups is 2. The van der Waals surface area contributed by atoms with Gasteiger partial charge in [0.1, 0.15) is 13.2 Å². The number of fused-ring (bicyclic) bond motifs is 1. The SMILES string of the molecule is O=[N+]([O-])c1cc2c(cc1[N+](=O)[O-])OCCOCCOCCNCCOCCO2. The zero-order chi connectivity index (χ0) is 20.2. The van der Waals surface area contributed by atoms with Gasteiger partial charge < -0.3 is 29.0 Å². The molecular weight excluding hydrogens is 378 g/mol. The number of hydrogen-bond donors (Lipinski definition) is 1. The number of rotatable bonds is 2. The maximum atomic E-state index is 11.1. The third-order valence-electron chi connectivity index (χ3n) is 3.62. The summed E-state index contributed by atoms with van der Waals surface area (Å²) in [6.07, 6.45) is 0. The standard InChI is InChI=1S/C16H23N3O9/c20-18(21)13-11-15-16(12-14(13)19(22)23)28-10-8-26-6-5-24-3-1-17-2-4-25-7-9-27-15/h11-12,17H,1-10H2. The summed E-state index contributed by atoms with van der Waals surface area (Å²) in [5.41, 5.74) is -1.35. The van der Waals surface area contributed by atoms with Crippen molar-refractivity contribution in [3.8, 4) is 11.5 Å². The number of benzene rings is 1. The average molecular weight is 401 g/mol. The molecule has 2 rings (SSSR count). The fourth-order valence-corrected chi connectivity index (χ4v) is 2.32. The van der Waals surface area contributed by atoms with Crippen LogP contribution in [-0.4, -0.2) is 75.8 Å². The summed E-state index contributed by atoms with van der Waals surface area (Å²) < 4.78 is 27.1. The second kappa shape index (κ2) is 12.0. The first-order valence-electron chi connectivity index (χ1n) is 8.76. The van der Waals surface area contributed by atoms with Crippen molar-refractivity contribution in [3.63, 3.8) is 0 Å². The predicted octanol–water partition coefficient (Wildman–Crippen LogP) is 0.914. The van der Waals surface area contributed by atoms with Gasteiger partial charge in [-0.3, -0.25) is 20.2 Å². The number of nitrogens with zero attached hydrogens (tertiary/aromatic N) is 2. The third kappa shape index (κ3) is 7.23. The molecule has 156 valence electrons. The maximum Gasteiger partial charge on any atom is 0.350 e. The molecule has 1 heterocycles. The van der Waals surface area contributed by atoms with Gasteiger partial charge in [0.25, 0.3) is 0 Å². The van der Waals surface area contributed by atoms with Gasteiger partial charge in [-0.1, -0.05) is 0 Å². The average Bonchev–Trinajstić information content (AvgIpc) is 2.66.